The molecule has 2 unspecified atom stereocenters. The topological polar surface area (TPSA) is 47.7 Å². The largest absolute Gasteiger partial charge is 0.382 e. The van der Waals surface area contributed by atoms with E-state index in [1.807, 2.05) is 0 Å². The van der Waals surface area contributed by atoms with Gasteiger partial charge in [0.05, 0.1) is 19.8 Å². The number of likely N-dealkylation sites (tertiary alicyclic amines) is 1. The van der Waals surface area contributed by atoms with E-state index < -0.39 is 0 Å². The van der Waals surface area contributed by atoms with Crippen molar-refractivity contribution in [3.63, 3.8) is 0 Å². The van der Waals surface area contributed by atoms with Crippen LogP contribution < -0.4 is 5.73 Å². The standard InChI is InChI=1S/C12H26N2O2.ClH/c1-11-3-4-14(12(9-11)10-13)5-6-16-8-7-15-2;/h11-12H,3-10,13H2,1-2H3;1H. The summed E-state index contributed by atoms with van der Waals surface area (Å²) in [6, 6.07) is 0.551. The molecule has 1 heterocycles. The predicted molar refractivity (Wildman–Crippen MR) is 72.8 cm³/mol. The van der Waals surface area contributed by atoms with Crippen molar-refractivity contribution in [1.82, 2.24) is 4.90 Å². The Morgan fingerprint density at radius 3 is 2.71 bits per heavy atom. The van der Waals surface area contributed by atoms with E-state index in [1.54, 1.807) is 7.11 Å². The first-order valence-corrected chi connectivity index (χ1v) is 6.28. The maximum absolute atomic E-state index is 5.81. The maximum atomic E-state index is 5.81. The first-order valence-electron chi connectivity index (χ1n) is 6.28. The van der Waals surface area contributed by atoms with Gasteiger partial charge in [0.15, 0.2) is 0 Å². The number of hydrogen-bond donors (Lipinski definition) is 1. The summed E-state index contributed by atoms with van der Waals surface area (Å²) in [5.41, 5.74) is 5.81. The van der Waals surface area contributed by atoms with Crippen LogP contribution in [-0.2, 0) is 9.47 Å². The summed E-state index contributed by atoms with van der Waals surface area (Å²) in [7, 11) is 1.69. The number of ether oxygens (including phenoxy) is 2. The van der Waals surface area contributed by atoms with Gasteiger partial charge in [-0.15, -0.1) is 12.4 Å². The molecule has 5 heteroatoms. The molecule has 17 heavy (non-hydrogen) atoms. The highest BCUT2D eigenvalue weighted by molar-refractivity contribution is 5.85. The highest BCUT2D eigenvalue weighted by atomic mass is 35.5. The van der Waals surface area contributed by atoms with Gasteiger partial charge >= 0.3 is 0 Å². The van der Waals surface area contributed by atoms with Crippen LogP contribution in [0, 0.1) is 5.92 Å². The molecule has 0 spiro atoms. The van der Waals surface area contributed by atoms with Crippen LogP contribution in [0.4, 0.5) is 0 Å². The van der Waals surface area contributed by atoms with Crippen LogP contribution in [0.1, 0.15) is 19.8 Å². The number of hydrogen-bond acceptors (Lipinski definition) is 4. The van der Waals surface area contributed by atoms with E-state index in [0.29, 0.717) is 19.3 Å². The van der Waals surface area contributed by atoms with Gasteiger partial charge in [0.2, 0.25) is 0 Å². The predicted octanol–water partition coefficient (Wildman–Crippen LogP) is 1.13. The molecule has 1 saturated heterocycles. The highest BCUT2D eigenvalue weighted by Gasteiger charge is 2.24. The van der Waals surface area contributed by atoms with Crippen molar-refractivity contribution < 1.29 is 9.47 Å². The Hall–Kier alpha value is 0.130. The number of piperidine rings is 1. The Morgan fingerprint density at radius 2 is 2.06 bits per heavy atom. The van der Waals surface area contributed by atoms with Gasteiger partial charge in [-0.1, -0.05) is 6.92 Å². The van der Waals surface area contributed by atoms with Crippen molar-refractivity contribution in [1.29, 1.82) is 0 Å². The Morgan fingerprint density at radius 1 is 1.29 bits per heavy atom. The van der Waals surface area contributed by atoms with Crippen molar-refractivity contribution in [2.24, 2.45) is 11.7 Å². The van der Waals surface area contributed by atoms with Crippen LogP contribution in [0.25, 0.3) is 0 Å². The minimum atomic E-state index is 0. The fourth-order valence-corrected chi connectivity index (χ4v) is 2.27. The van der Waals surface area contributed by atoms with E-state index >= 15 is 0 Å². The van der Waals surface area contributed by atoms with Crippen LogP contribution in [0.5, 0.6) is 0 Å². The average Bonchev–Trinajstić information content (AvgIpc) is 2.30. The summed E-state index contributed by atoms with van der Waals surface area (Å²) in [6.45, 7) is 7.39. The maximum Gasteiger partial charge on any atom is 0.0700 e. The normalized spacial score (nSPS) is 25.6. The molecule has 0 amide bonds. The van der Waals surface area contributed by atoms with Crippen LogP contribution in [0.3, 0.4) is 0 Å². The summed E-state index contributed by atoms with van der Waals surface area (Å²) < 4.78 is 10.4. The van der Waals surface area contributed by atoms with E-state index in [9.17, 15) is 0 Å². The number of nitrogens with two attached hydrogens (primary N) is 1. The molecule has 0 radical (unpaired) electrons. The monoisotopic (exact) mass is 266 g/mol. The molecule has 104 valence electrons. The second-order valence-electron chi connectivity index (χ2n) is 4.66. The molecule has 0 bridgehead atoms. The minimum absolute atomic E-state index is 0. The molecule has 2 atom stereocenters. The van der Waals surface area contributed by atoms with E-state index in [-0.39, 0.29) is 12.4 Å². The van der Waals surface area contributed by atoms with Crippen molar-refractivity contribution >= 4 is 12.4 Å². The van der Waals surface area contributed by atoms with Crippen LogP contribution in [-0.4, -0.2) is 57.5 Å². The molecule has 0 aromatic heterocycles. The average molecular weight is 267 g/mol. The lowest BCUT2D eigenvalue weighted by Gasteiger charge is -2.37. The third-order valence-electron chi connectivity index (χ3n) is 3.33. The van der Waals surface area contributed by atoms with E-state index in [1.165, 1.54) is 12.8 Å². The molecule has 0 aliphatic carbocycles. The Labute approximate surface area is 111 Å². The van der Waals surface area contributed by atoms with Gasteiger partial charge in [-0.2, -0.15) is 0 Å². The van der Waals surface area contributed by atoms with Crippen molar-refractivity contribution in [3.8, 4) is 0 Å². The van der Waals surface area contributed by atoms with E-state index in [4.69, 9.17) is 15.2 Å². The lowest BCUT2D eigenvalue weighted by Crippen LogP contribution is -2.47. The molecule has 0 aromatic rings. The second-order valence-corrected chi connectivity index (χ2v) is 4.66. The Kier molecular flexibility index (Phi) is 10.2. The van der Waals surface area contributed by atoms with Gasteiger partial charge in [0.25, 0.3) is 0 Å². The van der Waals surface area contributed by atoms with Crippen molar-refractivity contribution in [2.75, 3.05) is 46.6 Å². The van der Waals surface area contributed by atoms with Gasteiger partial charge in [-0.25, -0.2) is 0 Å². The van der Waals surface area contributed by atoms with Gasteiger partial charge in [0, 0.05) is 26.2 Å². The minimum Gasteiger partial charge on any atom is -0.382 e. The number of halogens is 1. The molecular weight excluding hydrogens is 240 g/mol. The number of rotatable bonds is 7. The molecule has 0 saturated carbocycles. The van der Waals surface area contributed by atoms with Crippen molar-refractivity contribution in [2.45, 2.75) is 25.8 Å². The molecule has 0 aromatic carbocycles. The molecule has 4 nitrogen and oxygen atoms in total. The fraction of sp³-hybridized carbons (Fsp3) is 1.00. The molecule has 1 aliphatic heterocycles. The summed E-state index contributed by atoms with van der Waals surface area (Å²) >= 11 is 0. The zero-order valence-electron chi connectivity index (χ0n) is 11.1. The van der Waals surface area contributed by atoms with Gasteiger partial charge < -0.3 is 15.2 Å². The summed E-state index contributed by atoms with van der Waals surface area (Å²) in [4.78, 5) is 2.47. The van der Waals surface area contributed by atoms with Gasteiger partial charge in [-0.3, -0.25) is 4.90 Å². The third-order valence-corrected chi connectivity index (χ3v) is 3.33. The highest BCUT2D eigenvalue weighted by Crippen LogP contribution is 2.21. The molecule has 1 fully saturated rings. The molecule has 1 aliphatic rings. The zero-order chi connectivity index (χ0) is 11.8. The molecule has 1 rings (SSSR count). The lowest BCUT2D eigenvalue weighted by atomic mass is 9.92. The van der Waals surface area contributed by atoms with Crippen LogP contribution >= 0.6 is 12.4 Å². The first kappa shape index (κ1) is 17.1. The van der Waals surface area contributed by atoms with Gasteiger partial charge in [-0.05, 0) is 25.3 Å². The van der Waals surface area contributed by atoms with Crippen molar-refractivity contribution in [3.05, 3.63) is 0 Å². The summed E-state index contributed by atoms with van der Waals surface area (Å²) in [5.74, 6) is 0.819. The number of methoxy groups -OCH3 is 1. The lowest BCUT2D eigenvalue weighted by molar-refractivity contribution is 0.0380. The zero-order valence-corrected chi connectivity index (χ0v) is 11.9. The Bertz CT molecular complexity index is 184. The summed E-state index contributed by atoms with van der Waals surface area (Å²) in [5, 5.41) is 0. The van der Waals surface area contributed by atoms with Gasteiger partial charge in [0.1, 0.15) is 0 Å². The van der Waals surface area contributed by atoms with E-state index in [2.05, 4.69) is 11.8 Å². The Balaban J connectivity index is 0.00000256. The molecule has 2 N–H and O–H groups in total. The smallest absolute Gasteiger partial charge is 0.0700 e. The van der Waals surface area contributed by atoms with Crippen LogP contribution in [0.2, 0.25) is 0 Å². The SMILES string of the molecule is COCCOCCN1CCC(C)CC1CN.Cl. The second kappa shape index (κ2) is 10.1. The summed E-state index contributed by atoms with van der Waals surface area (Å²) in [6.07, 6.45) is 2.52. The third kappa shape index (κ3) is 6.58. The fourth-order valence-electron chi connectivity index (χ4n) is 2.27. The number of nitrogens with zero attached hydrogens (tertiary/aromatic N) is 1. The first-order chi connectivity index (χ1) is 7.77. The quantitative estimate of drug-likeness (QED) is 0.702. The van der Waals surface area contributed by atoms with E-state index in [0.717, 1.165) is 32.2 Å². The van der Waals surface area contributed by atoms with Crippen LogP contribution in [0.15, 0.2) is 0 Å². The molecular formula is C12H27ClN2O2.